The molecule has 0 radical (unpaired) electrons. The lowest BCUT2D eigenvalue weighted by atomic mass is 9.84. The number of fused-ring (bicyclic) bond motifs is 2. The van der Waals surface area contributed by atoms with Crippen LogP contribution in [-0.2, 0) is 9.47 Å². The molecule has 3 heteroatoms. The average molecular weight is 171 g/mol. The minimum atomic E-state index is 0.172. The molecule has 0 aliphatic carbocycles. The second kappa shape index (κ2) is 3.32. The summed E-state index contributed by atoms with van der Waals surface area (Å²) in [5.41, 5.74) is 5.97. The zero-order valence-corrected chi connectivity index (χ0v) is 7.53. The summed E-state index contributed by atoms with van der Waals surface area (Å²) in [4.78, 5) is 0. The first-order valence-electron chi connectivity index (χ1n) is 4.71. The molecule has 2 N–H and O–H groups in total. The molecule has 2 fully saturated rings. The van der Waals surface area contributed by atoms with E-state index in [4.69, 9.17) is 15.2 Å². The Balaban J connectivity index is 1.89. The van der Waals surface area contributed by atoms with Gasteiger partial charge in [0.05, 0.1) is 18.8 Å². The van der Waals surface area contributed by atoms with E-state index in [9.17, 15) is 0 Å². The van der Waals surface area contributed by atoms with Crippen molar-refractivity contribution < 1.29 is 9.47 Å². The summed E-state index contributed by atoms with van der Waals surface area (Å²) >= 11 is 0. The van der Waals surface area contributed by atoms with Gasteiger partial charge < -0.3 is 15.2 Å². The van der Waals surface area contributed by atoms with Gasteiger partial charge >= 0.3 is 0 Å². The van der Waals surface area contributed by atoms with Crippen molar-refractivity contribution in [3.8, 4) is 0 Å². The fraction of sp³-hybridized carbons (Fsp3) is 1.00. The van der Waals surface area contributed by atoms with Crippen molar-refractivity contribution in [2.45, 2.75) is 37.5 Å². The minimum Gasteiger partial charge on any atom is -0.383 e. The van der Waals surface area contributed by atoms with Crippen molar-refractivity contribution in [1.29, 1.82) is 0 Å². The van der Waals surface area contributed by atoms with Crippen LogP contribution in [0.2, 0.25) is 0 Å². The number of ether oxygens (including phenoxy) is 2. The Bertz CT molecular complexity index is 163. The summed E-state index contributed by atoms with van der Waals surface area (Å²) < 4.78 is 10.8. The van der Waals surface area contributed by atoms with Gasteiger partial charge in [0.2, 0.25) is 0 Å². The van der Waals surface area contributed by atoms with Crippen LogP contribution in [0.15, 0.2) is 0 Å². The van der Waals surface area contributed by atoms with Gasteiger partial charge in [-0.25, -0.2) is 0 Å². The number of nitrogens with two attached hydrogens (primary N) is 1. The molecule has 0 aromatic heterocycles. The molecule has 0 aromatic carbocycles. The Kier molecular flexibility index (Phi) is 2.35. The predicted octanol–water partition coefficient (Wildman–Crippen LogP) is 0.528. The third-order valence-corrected chi connectivity index (χ3v) is 3.06. The lowest BCUT2D eigenvalue weighted by Gasteiger charge is -2.24. The van der Waals surface area contributed by atoms with Gasteiger partial charge in [-0.3, -0.25) is 0 Å². The molecule has 2 saturated heterocycles. The highest BCUT2D eigenvalue weighted by molar-refractivity contribution is 4.93. The highest BCUT2D eigenvalue weighted by atomic mass is 16.5. The lowest BCUT2D eigenvalue weighted by molar-refractivity contribution is 0.0775. The average Bonchev–Trinajstić information content (AvgIpc) is 2.64. The Morgan fingerprint density at radius 3 is 2.92 bits per heavy atom. The molecular weight excluding hydrogens is 154 g/mol. The van der Waals surface area contributed by atoms with E-state index in [1.807, 2.05) is 0 Å². The van der Waals surface area contributed by atoms with Crippen molar-refractivity contribution in [1.82, 2.24) is 0 Å². The molecule has 2 bridgehead atoms. The molecule has 4 unspecified atom stereocenters. The molecule has 3 nitrogen and oxygen atoms in total. The van der Waals surface area contributed by atoms with Crippen molar-refractivity contribution >= 4 is 0 Å². The number of hydrogen-bond acceptors (Lipinski definition) is 3. The van der Waals surface area contributed by atoms with Crippen LogP contribution in [0.25, 0.3) is 0 Å². The first-order valence-corrected chi connectivity index (χ1v) is 4.71. The largest absolute Gasteiger partial charge is 0.383 e. The van der Waals surface area contributed by atoms with Crippen LogP contribution in [0, 0.1) is 5.92 Å². The summed E-state index contributed by atoms with van der Waals surface area (Å²) in [5, 5.41) is 0. The molecule has 2 heterocycles. The molecule has 2 rings (SSSR count). The summed E-state index contributed by atoms with van der Waals surface area (Å²) in [6.45, 7) is 0.664. The second-order valence-electron chi connectivity index (χ2n) is 3.89. The third-order valence-electron chi connectivity index (χ3n) is 3.06. The number of hydrogen-bond donors (Lipinski definition) is 1. The fourth-order valence-electron chi connectivity index (χ4n) is 2.44. The molecule has 2 aliphatic rings. The summed E-state index contributed by atoms with van der Waals surface area (Å²) in [5.74, 6) is 0.545. The molecule has 0 amide bonds. The van der Waals surface area contributed by atoms with E-state index in [1.54, 1.807) is 7.11 Å². The smallest absolute Gasteiger partial charge is 0.0624 e. The Morgan fingerprint density at radius 1 is 1.58 bits per heavy atom. The van der Waals surface area contributed by atoms with Crippen molar-refractivity contribution in [2.24, 2.45) is 11.7 Å². The van der Waals surface area contributed by atoms with E-state index in [2.05, 4.69) is 0 Å². The molecule has 70 valence electrons. The van der Waals surface area contributed by atoms with Gasteiger partial charge in [0.25, 0.3) is 0 Å². The van der Waals surface area contributed by atoms with Crippen LogP contribution >= 0.6 is 0 Å². The summed E-state index contributed by atoms with van der Waals surface area (Å²) in [7, 11) is 1.70. The standard InChI is InChI=1S/C9H17NO2/c1-11-5-8(10)7-4-6-2-3-9(7)12-6/h6-9H,2-5,10H2,1H3. The van der Waals surface area contributed by atoms with Crippen molar-refractivity contribution in [3.63, 3.8) is 0 Å². The molecule has 4 atom stereocenters. The monoisotopic (exact) mass is 171 g/mol. The van der Waals surface area contributed by atoms with Gasteiger partial charge in [-0.05, 0) is 19.3 Å². The van der Waals surface area contributed by atoms with Crippen LogP contribution in [0.3, 0.4) is 0 Å². The zero-order valence-electron chi connectivity index (χ0n) is 7.53. The first-order chi connectivity index (χ1) is 5.81. The van der Waals surface area contributed by atoms with E-state index in [0.717, 1.165) is 6.42 Å². The Labute approximate surface area is 73.2 Å². The number of methoxy groups -OCH3 is 1. The Hall–Kier alpha value is -0.120. The van der Waals surface area contributed by atoms with E-state index in [0.29, 0.717) is 24.7 Å². The molecule has 0 aromatic rings. The first kappa shape index (κ1) is 8.48. The van der Waals surface area contributed by atoms with E-state index < -0.39 is 0 Å². The molecular formula is C9H17NO2. The maximum absolute atomic E-state index is 5.97. The van der Waals surface area contributed by atoms with Crippen LogP contribution < -0.4 is 5.73 Å². The fourth-order valence-corrected chi connectivity index (χ4v) is 2.44. The second-order valence-corrected chi connectivity index (χ2v) is 3.89. The van der Waals surface area contributed by atoms with Gasteiger partial charge in [0.15, 0.2) is 0 Å². The number of rotatable bonds is 3. The van der Waals surface area contributed by atoms with Crippen LogP contribution in [0.4, 0.5) is 0 Å². The van der Waals surface area contributed by atoms with Crippen molar-refractivity contribution in [3.05, 3.63) is 0 Å². The summed E-state index contributed by atoms with van der Waals surface area (Å²) in [6, 6.07) is 0.172. The molecule has 0 saturated carbocycles. The maximum Gasteiger partial charge on any atom is 0.0624 e. The van der Waals surface area contributed by atoms with Crippen LogP contribution in [0.1, 0.15) is 19.3 Å². The van der Waals surface area contributed by atoms with Gasteiger partial charge in [0, 0.05) is 19.1 Å². The molecule has 12 heavy (non-hydrogen) atoms. The third kappa shape index (κ3) is 1.37. The van der Waals surface area contributed by atoms with Gasteiger partial charge in [-0.15, -0.1) is 0 Å². The van der Waals surface area contributed by atoms with Gasteiger partial charge in [-0.1, -0.05) is 0 Å². The van der Waals surface area contributed by atoms with Crippen LogP contribution in [0.5, 0.6) is 0 Å². The predicted molar refractivity (Wildman–Crippen MR) is 45.9 cm³/mol. The van der Waals surface area contributed by atoms with Crippen molar-refractivity contribution in [2.75, 3.05) is 13.7 Å². The highest BCUT2D eigenvalue weighted by Crippen LogP contribution is 2.39. The SMILES string of the molecule is COCC(N)C1CC2CCC1O2. The minimum absolute atomic E-state index is 0.172. The Morgan fingerprint density at radius 2 is 2.42 bits per heavy atom. The zero-order chi connectivity index (χ0) is 8.55. The highest BCUT2D eigenvalue weighted by Gasteiger charge is 2.43. The molecule has 2 aliphatic heterocycles. The molecule has 0 spiro atoms. The van der Waals surface area contributed by atoms with Crippen LogP contribution in [-0.4, -0.2) is 32.0 Å². The lowest BCUT2D eigenvalue weighted by Crippen LogP contribution is -2.39. The van der Waals surface area contributed by atoms with Gasteiger partial charge in [0.1, 0.15) is 0 Å². The van der Waals surface area contributed by atoms with Gasteiger partial charge in [-0.2, -0.15) is 0 Å². The maximum atomic E-state index is 5.97. The normalized spacial score (nSPS) is 42.0. The topological polar surface area (TPSA) is 44.5 Å². The van der Waals surface area contributed by atoms with E-state index in [1.165, 1.54) is 12.8 Å². The summed E-state index contributed by atoms with van der Waals surface area (Å²) in [6.07, 6.45) is 4.52. The van der Waals surface area contributed by atoms with E-state index in [-0.39, 0.29) is 6.04 Å². The quantitative estimate of drug-likeness (QED) is 0.673. The van der Waals surface area contributed by atoms with E-state index >= 15 is 0 Å².